The summed E-state index contributed by atoms with van der Waals surface area (Å²) in [5, 5.41) is 13.0. The SMILES string of the molecule is O=S(=O)(Nc1ccncn1)c1cc(Cl)c(N[C@@H]2CCCC[C@H]2N2C[C@@H]3[C@@H](CO)[C@@H]3C2)cc1F. The molecule has 0 bridgehead atoms. The van der Waals surface area contributed by atoms with Crippen LogP contribution >= 0.6 is 11.6 Å². The van der Waals surface area contributed by atoms with Gasteiger partial charge in [-0.2, -0.15) is 0 Å². The number of anilines is 2. The molecule has 0 unspecified atom stereocenters. The zero-order chi connectivity index (χ0) is 23.2. The number of fused-ring (bicyclic) bond motifs is 1. The van der Waals surface area contributed by atoms with Crippen LogP contribution in [-0.2, 0) is 10.0 Å². The highest BCUT2D eigenvalue weighted by atomic mass is 35.5. The Bertz CT molecular complexity index is 1110. The fraction of sp³-hybridized carbons (Fsp3) is 0.545. The van der Waals surface area contributed by atoms with Gasteiger partial charge in [0.25, 0.3) is 10.0 Å². The molecule has 0 spiro atoms. The van der Waals surface area contributed by atoms with Crippen LogP contribution in [0.5, 0.6) is 0 Å². The minimum atomic E-state index is -4.21. The third-order valence-electron chi connectivity index (χ3n) is 7.28. The average molecular weight is 496 g/mol. The number of nitrogens with one attached hydrogen (secondary N) is 2. The molecule has 2 aliphatic carbocycles. The van der Waals surface area contributed by atoms with E-state index < -0.39 is 20.7 Å². The predicted molar refractivity (Wildman–Crippen MR) is 123 cm³/mol. The first-order chi connectivity index (χ1) is 15.9. The van der Waals surface area contributed by atoms with Gasteiger partial charge < -0.3 is 10.4 Å². The van der Waals surface area contributed by atoms with Crippen molar-refractivity contribution in [3.8, 4) is 0 Å². The third-order valence-corrected chi connectivity index (χ3v) is 8.96. The van der Waals surface area contributed by atoms with Crippen molar-refractivity contribution in [3.63, 3.8) is 0 Å². The van der Waals surface area contributed by atoms with E-state index in [1.165, 1.54) is 18.6 Å². The number of sulfonamides is 1. The monoisotopic (exact) mass is 495 g/mol. The zero-order valence-corrected chi connectivity index (χ0v) is 19.6. The molecule has 2 aromatic rings. The molecule has 1 aromatic heterocycles. The van der Waals surface area contributed by atoms with Crippen LogP contribution in [0.15, 0.2) is 35.6 Å². The average Bonchev–Trinajstić information content (AvgIpc) is 3.27. The Balaban J connectivity index is 1.32. The van der Waals surface area contributed by atoms with Gasteiger partial charge >= 0.3 is 0 Å². The number of halogens is 2. The maximum atomic E-state index is 14.9. The van der Waals surface area contributed by atoms with Crippen molar-refractivity contribution < 1.29 is 17.9 Å². The van der Waals surface area contributed by atoms with Gasteiger partial charge in [0.1, 0.15) is 22.9 Å². The molecule has 0 amide bonds. The van der Waals surface area contributed by atoms with E-state index in [1.807, 2.05) is 0 Å². The Kier molecular flexibility index (Phi) is 6.19. The van der Waals surface area contributed by atoms with Gasteiger partial charge in [-0.3, -0.25) is 9.62 Å². The van der Waals surface area contributed by atoms with Gasteiger partial charge in [-0.1, -0.05) is 24.4 Å². The fourth-order valence-electron chi connectivity index (χ4n) is 5.53. The summed E-state index contributed by atoms with van der Waals surface area (Å²) >= 11 is 6.42. The smallest absolute Gasteiger partial charge is 0.266 e. The quantitative estimate of drug-likeness (QED) is 0.542. The molecule has 5 atom stereocenters. The number of piperidine rings is 1. The summed E-state index contributed by atoms with van der Waals surface area (Å²) in [6.07, 6.45) is 6.79. The number of aliphatic hydroxyl groups excluding tert-OH is 1. The summed E-state index contributed by atoms with van der Waals surface area (Å²) in [6.45, 7) is 2.26. The Hall–Kier alpha value is -2.01. The molecule has 2 saturated carbocycles. The van der Waals surface area contributed by atoms with E-state index >= 15 is 0 Å². The molecule has 0 radical (unpaired) electrons. The fourth-order valence-corrected chi connectivity index (χ4v) is 6.91. The maximum absolute atomic E-state index is 14.9. The molecular weight excluding hydrogens is 469 g/mol. The van der Waals surface area contributed by atoms with E-state index in [9.17, 15) is 17.9 Å². The summed E-state index contributed by atoms with van der Waals surface area (Å²) in [7, 11) is -4.21. The van der Waals surface area contributed by atoms with Crippen LogP contribution in [0.3, 0.4) is 0 Å². The zero-order valence-electron chi connectivity index (χ0n) is 18.0. The van der Waals surface area contributed by atoms with Gasteiger partial charge in [0.15, 0.2) is 0 Å². The van der Waals surface area contributed by atoms with Gasteiger partial charge in [-0.25, -0.2) is 22.8 Å². The Morgan fingerprint density at radius 3 is 2.67 bits per heavy atom. The van der Waals surface area contributed by atoms with Crippen molar-refractivity contribution in [2.24, 2.45) is 17.8 Å². The molecule has 1 aliphatic heterocycles. The standard InChI is InChI=1S/C22H27ClFN5O3S/c23-16-7-21(33(31,32)28-22-5-6-25-12-26-22)17(24)8-19(16)27-18-3-1-2-4-20(18)29-9-13-14(10-29)15(13)11-30/h5-8,12-15,18,20,27,30H,1-4,9-11H2,(H,25,26,28)/t13-,14+,15+,18-,20-/m1/s1. The molecular formula is C22H27ClFN5O3S. The van der Waals surface area contributed by atoms with Crippen LogP contribution in [0.1, 0.15) is 25.7 Å². The number of aromatic nitrogens is 2. The Labute approximate surface area is 197 Å². The second-order valence-corrected chi connectivity index (χ2v) is 11.3. The van der Waals surface area contributed by atoms with E-state index in [-0.39, 0.29) is 23.5 Å². The largest absolute Gasteiger partial charge is 0.396 e. The van der Waals surface area contributed by atoms with Crippen molar-refractivity contribution in [1.82, 2.24) is 14.9 Å². The second kappa shape index (κ2) is 8.98. The van der Waals surface area contributed by atoms with E-state index in [0.717, 1.165) is 50.9 Å². The summed E-state index contributed by atoms with van der Waals surface area (Å²) in [5.41, 5.74) is 0.393. The molecule has 2 heterocycles. The highest BCUT2D eigenvalue weighted by Crippen LogP contribution is 2.52. The van der Waals surface area contributed by atoms with E-state index in [0.29, 0.717) is 29.5 Å². The van der Waals surface area contributed by atoms with E-state index in [1.54, 1.807) is 0 Å². The van der Waals surface area contributed by atoms with Gasteiger partial charge in [0.2, 0.25) is 0 Å². The van der Waals surface area contributed by atoms with Gasteiger partial charge in [-0.15, -0.1) is 0 Å². The number of aliphatic hydroxyl groups is 1. The second-order valence-electron chi connectivity index (χ2n) is 9.19. The molecule has 3 N–H and O–H groups in total. The lowest BCUT2D eigenvalue weighted by Crippen LogP contribution is -2.49. The topological polar surface area (TPSA) is 107 Å². The minimum Gasteiger partial charge on any atom is -0.396 e. The molecule has 8 nitrogen and oxygen atoms in total. The van der Waals surface area contributed by atoms with Crippen molar-refractivity contribution in [3.05, 3.63) is 41.6 Å². The number of benzene rings is 1. The van der Waals surface area contributed by atoms with Crippen LogP contribution in [0.25, 0.3) is 0 Å². The third kappa shape index (κ3) is 4.53. The number of hydrogen-bond donors (Lipinski definition) is 3. The highest BCUT2D eigenvalue weighted by molar-refractivity contribution is 7.92. The summed E-state index contributed by atoms with van der Waals surface area (Å²) in [6, 6.07) is 4.08. The van der Waals surface area contributed by atoms with Crippen molar-refractivity contribution >= 4 is 33.1 Å². The molecule has 5 rings (SSSR count). The molecule has 3 aliphatic rings. The lowest BCUT2D eigenvalue weighted by Gasteiger charge is -2.40. The van der Waals surface area contributed by atoms with Gasteiger partial charge in [0.05, 0.1) is 10.7 Å². The maximum Gasteiger partial charge on any atom is 0.266 e. The molecule has 178 valence electrons. The van der Waals surface area contributed by atoms with Crippen molar-refractivity contribution in [2.75, 3.05) is 29.7 Å². The van der Waals surface area contributed by atoms with Gasteiger partial charge in [0, 0.05) is 38.0 Å². The molecule has 1 saturated heterocycles. The van der Waals surface area contributed by atoms with Crippen LogP contribution in [0.4, 0.5) is 15.9 Å². The minimum absolute atomic E-state index is 0.0415. The van der Waals surface area contributed by atoms with Crippen LogP contribution in [-0.4, -0.2) is 60.2 Å². The number of rotatable bonds is 7. The number of hydrogen-bond acceptors (Lipinski definition) is 7. The summed E-state index contributed by atoms with van der Waals surface area (Å²) in [4.78, 5) is 9.50. The molecule has 3 fully saturated rings. The summed E-state index contributed by atoms with van der Waals surface area (Å²) < 4.78 is 42.5. The van der Waals surface area contributed by atoms with Crippen LogP contribution in [0.2, 0.25) is 5.02 Å². The molecule has 1 aromatic carbocycles. The molecule has 33 heavy (non-hydrogen) atoms. The Morgan fingerprint density at radius 1 is 1.21 bits per heavy atom. The summed E-state index contributed by atoms with van der Waals surface area (Å²) in [5.74, 6) is 0.783. The van der Waals surface area contributed by atoms with Crippen molar-refractivity contribution in [2.45, 2.75) is 42.7 Å². The van der Waals surface area contributed by atoms with Crippen molar-refractivity contribution in [1.29, 1.82) is 0 Å². The number of nitrogens with zero attached hydrogens (tertiary/aromatic N) is 3. The highest BCUT2D eigenvalue weighted by Gasteiger charge is 2.56. The van der Waals surface area contributed by atoms with E-state index in [2.05, 4.69) is 24.9 Å². The van der Waals surface area contributed by atoms with E-state index in [4.69, 9.17) is 11.6 Å². The lowest BCUT2D eigenvalue weighted by atomic mass is 9.88. The first-order valence-corrected chi connectivity index (χ1v) is 13.1. The van der Waals surface area contributed by atoms with Crippen LogP contribution in [0, 0.1) is 23.6 Å². The Morgan fingerprint density at radius 2 is 1.97 bits per heavy atom. The predicted octanol–water partition coefficient (Wildman–Crippen LogP) is 2.96. The first-order valence-electron chi connectivity index (χ1n) is 11.3. The lowest BCUT2D eigenvalue weighted by molar-refractivity contribution is 0.142. The number of likely N-dealkylation sites (tertiary alicyclic amines) is 1. The van der Waals surface area contributed by atoms with Gasteiger partial charge in [-0.05, 0) is 48.8 Å². The normalized spacial score (nSPS) is 29.5. The molecule has 11 heteroatoms. The van der Waals surface area contributed by atoms with Crippen LogP contribution < -0.4 is 10.0 Å². The first kappa shape index (κ1) is 22.8.